The molecule has 0 saturated carbocycles. The molecule has 3 nitrogen and oxygen atoms in total. The number of carbonyl (C=O) groups is 2. The van der Waals surface area contributed by atoms with Gasteiger partial charge in [0.05, 0.1) is 7.11 Å². The van der Waals surface area contributed by atoms with Gasteiger partial charge in [0.2, 0.25) is 0 Å². The molecule has 84 valence electrons. The minimum atomic E-state index is -0.536. The third-order valence-electron chi connectivity index (χ3n) is 1.88. The number of ketones is 1. The van der Waals surface area contributed by atoms with Gasteiger partial charge in [-0.05, 0) is 23.8 Å². The van der Waals surface area contributed by atoms with Gasteiger partial charge >= 0.3 is 5.97 Å². The van der Waals surface area contributed by atoms with Gasteiger partial charge in [0.15, 0.2) is 5.78 Å². The fourth-order valence-corrected chi connectivity index (χ4v) is 1.16. The summed E-state index contributed by atoms with van der Waals surface area (Å²) in [4.78, 5) is 22.0. The third-order valence-corrected chi connectivity index (χ3v) is 2.13. The number of esters is 1. The van der Waals surface area contributed by atoms with Crippen molar-refractivity contribution in [1.82, 2.24) is 0 Å². The molecule has 1 aromatic rings. The van der Waals surface area contributed by atoms with Crippen LogP contribution in [0, 0.1) is 0 Å². The van der Waals surface area contributed by atoms with Gasteiger partial charge < -0.3 is 4.74 Å². The molecule has 1 aromatic carbocycles. The highest BCUT2D eigenvalue weighted by Crippen LogP contribution is 2.10. The quantitative estimate of drug-likeness (QED) is 0.460. The monoisotopic (exact) mass is 238 g/mol. The highest BCUT2D eigenvalue weighted by Gasteiger charge is 2.05. The van der Waals surface area contributed by atoms with Gasteiger partial charge in [-0.3, -0.25) is 9.59 Å². The number of ether oxygens (including phenoxy) is 1. The smallest absolute Gasteiger partial charge is 0.313 e. The summed E-state index contributed by atoms with van der Waals surface area (Å²) in [6.07, 6.45) is 2.74. The van der Waals surface area contributed by atoms with E-state index in [1.807, 2.05) is 0 Å². The fraction of sp³-hybridized carbons (Fsp3) is 0.167. The zero-order chi connectivity index (χ0) is 12.0. The molecule has 0 fully saturated rings. The number of allylic oxidation sites excluding steroid dienone is 1. The number of methoxy groups -OCH3 is 1. The first-order chi connectivity index (χ1) is 7.61. The number of benzene rings is 1. The van der Waals surface area contributed by atoms with E-state index in [2.05, 4.69) is 4.74 Å². The number of halogens is 1. The molecule has 0 aliphatic carbocycles. The Morgan fingerprint density at radius 2 is 1.94 bits per heavy atom. The molecule has 4 heteroatoms. The van der Waals surface area contributed by atoms with Gasteiger partial charge in [0, 0.05) is 5.02 Å². The second-order valence-electron chi connectivity index (χ2n) is 3.10. The molecule has 0 N–H and O–H groups in total. The van der Waals surface area contributed by atoms with Crippen LogP contribution in [0.15, 0.2) is 30.3 Å². The van der Waals surface area contributed by atoms with Crippen molar-refractivity contribution in [1.29, 1.82) is 0 Å². The lowest BCUT2D eigenvalue weighted by Crippen LogP contribution is -2.06. The maximum Gasteiger partial charge on any atom is 0.313 e. The predicted octanol–water partition coefficient (Wildman–Crippen LogP) is 2.49. The number of hydrogen-bond acceptors (Lipinski definition) is 3. The minimum Gasteiger partial charge on any atom is -0.469 e. The van der Waals surface area contributed by atoms with Gasteiger partial charge in [-0.2, -0.15) is 0 Å². The summed E-state index contributed by atoms with van der Waals surface area (Å²) in [5.41, 5.74) is 0.850. The molecule has 0 heterocycles. The highest BCUT2D eigenvalue weighted by atomic mass is 35.5. The Hall–Kier alpha value is -1.61. The summed E-state index contributed by atoms with van der Waals surface area (Å²) < 4.78 is 4.38. The van der Waals surface area contributed by atoms with Crippen molar-refractivity contribution in [3.05, 3.63) is 40.9 Å². The molecule has 1 rings (SSSR count). The van der Waals surface area contributed by atoms with Crippen LogP contribution >= 0.6 is 11.6 Å². The fourth-order valence-electron chi connectivity index (χ4n) is 1.04. The standard InChI is InChI=1S/C12H11ClO3/c1-16-12(15)8-11(14)7-4-9-2-5-10(13)6-3-9/h2-7H,8H2,1H3/b7-4+. The van der Waals surface area contributed by atoms with Crippen molar-refractivity contribution in [3.8, 4) is 0 Å². The summed E-state index contributed by atoms with van der Waals surface area (Å²) >= 11 is 5.71. The number of hydrogen-bond donors (Lipinski definition) is 0. The van der Waals surface area contributed by atoms with E-state index in [9.17, 15) is 9.59 Å². The van der Waals surface area contributed by atoms with E-state index in [-0.39, 0.29) is 12.2 Å². The molecular weight excluding hydrogens is 228 g/mol. The van der Waals surface area contributed by atoms with Gasteiger partial charge in [-0.15, -0.1) is 0 Å². The van der Waals surface area contributed by atoms with Crippen LogP contribution < -0.4 is 0 Å². The van der Waals surface area contributed by atoms with Crippen LogP contribution in [0.3, 0.4) is 0 Å². The zero-order valence-electron chi connectivity index (χ0n) is 8.77. The Morgan fingerprint density at radius 3 is 2.50 bits per heavy atom. The average Bonchev–Trinajstić information content (AvgIpc) is 2.28. The van der Waals surface area contributed by atoms with Crippen molar-refractivity contribution in [2.24, 2.45) is 0 Å². The number of carbonyl (C=O) groups excluding carboxylic acids is 2. The van der Waals surface area contributed by atoms with E-state index in [0.717, 1.165) is 5.56 Å². The summed E-state index contributed by atoms with van der Waals surface area (Å²) in [7, 11) is 1.25. The van der Waals surface area contributed by atoms with Gasteiger partial charge in [0.1, 0.15) is 6.42 Å². The van der Waals surface area contributed by atoms with E-state index < -0.39 is 5.97 Å². The Labute approximate surface area is 98.7 Å². The lowest BCUT2D eigenvalue weighted by atomic mass is 10.2. The molecule has 0 atom stereocenters. The predicted molar refractivity (Wildman–Crippen MR) is 62.1 cm³/mol. The van der Waals surface area contributed by atoms with E-state index >= 15 is 0 Å². The second kappa shape index (κ2) is 6.08. The summed E-state index contributed by atoms with van der Waals surface area (Å²) in [5.74, 6) is -0.826. The molecular formula is C12H11ClO3. The molecule has 0 aromatic heterocycles. The summed E-state index contributed by atoms with van der Waals surface area (Å²) in [5, 5.41) is 0.637. The first-order valence-corrected chi connectivity index (χ1v) is 5.03. The Morgan fingerprint density at radius 1 is 1.31 bits per heavy atom. The van der Waals surface area contributed by atoms with E-state index in [1.165, 1.54) is 13.2 Å². The highest BCUT2D eigenvalue weighted by molar-refractivity contribution is 6.30. The molecule has 0 amide bonds. The maximum absolute atomic E-state index is 11.2. The van der Waals surface area contributed by atoms with E-state index in [4.69, 9.17) is 11.6 Å². The average molecular weight is 239 g/mol. The van der Waals surface area contributed by atoms with Crippen LogP contribution in [0.5, 0.6) is 0 Å². The second-order valence-corrected chi connectivity index (χ2v) is 3.54. The molecule has 0 aliphatic heterocycles. The zero-order valence-corrected chi connectivity index (χ0v) is 9.53. The van der Waals surface area contributed by atoms with Crippen molar-refractivity contribution < 1.29 is 14.3 Å². The van der Waals surface area contributed by atoms with Crippen molar-refractivity contribution in [3.63, 3.8) is 0 Å². The van der Waals surface area contributed by atoms with Gasteiger partial charge in [0.25, 0.3) is 0 Å². The van der Waals surface area contributed by atoms with Crippen LogP contribution in [0.4, 0.5) is 0 Å². The van der Waals surface area contributed by atoms with Crippen molar-refractivity contribution in [2.45, 2.75) is 6.42 Å². The van der Waals surface area contributed by atoms with Crippen LogP contribution in [0.1, 0.15) is 12.0 Å². The molecule has 0 saturated heterocycles. The first kappa shape index (κ1) is 12.5. The summed E-state index contributed by atoms with van der Waals surface area (Å²) in [6.45, 7) is 0. The van der Waals surface area contributed by atoms with Crippen LogP contribution in [0.2, 0.25) is 5.02 Å². The lowest BCUT2D eigenvalue weighted by Gasteiger charge is -1.95. The molecule has 0 radical (unpaired) electrons. The van der Waals surface area contributed by atoms with Crippen LogP contribution in [-0.2, 0) is 14.3 Å². The van der Waals surface area contributed by atoms with Crippen LogP contribution in [0.25, 0.3) is 6.08 Å². The molecule has 16 heavy (non-hydrogen) atoms. The minimum absolute atomic E-state index is 0.236. The molecule has 0 spiro atoms. The van der Waals surface area contributed by atoms with Gasteiger partial charge in [-0.25, -0.2) is 0 Å². The topological polar surface area (TPSA) is 43.4 Å². The Balaban J connectivity index is 2.56. The van der Waals surface area contributed by atoms with Crippen LogP contribution in [-0.4, -0.2) is 18.9 Å². The normalized spacial score (nSPS) is 10.4. The SMILES string of the molecule is COC(=O)CC(=O)/C=C/c1ccc(Cl)cc1. The Bertz CT molecular complexity index is 407. The van der Waals surface area contributed by atoms with E-state index in [0.29, 0.717) is 5.02 Å². The van der Waals surface area contributed by atoms with Gasteiger partial charge in [-0.1, -0.05) is 29.8 Å². The maximum atomic E-state index is 11.2. The van der Waals surface area contributed by atoms with Crippen molar-refractivity contribution in [2.75, 3.05) is 7.11 Å². The van der Waals surface area contributed by atoms with Crippen molar-refractivity contribution >= 4 is 29.4 Å². The molecule has 0 unspecified atom stereocenters. The lowest BCUT2D eigenvalue weighted by molar-refractivity contribution is -0.142. The third kappa shape index (κ3) is 4.28. The van der Waals surface area contributed by atoms with E-state index in [1.54, 1.807) is 30.3 Å². The first-order valence-electron chi connectivity index (χ1n) is 4.65. The number of rotatable bonds is 4. The molecule has 0 bridgehead atoms. The largest absolute Gasteiger partial charge is 0.469 e. The summed E-state index contributed by atoms with van der Waals surface area (Å²) in [6, 6.07) is 7.02. The molecule has 0 aliphatic rings. The Kier molecular flexibility index (Phi) is 4.73.